The zero-order chi connectivity index (χ0) is 35.9. The third-order valence-corrected chi connectivity index (χ3v) is 13.0. The number of fused-ring (bicyclic) bond motifs is 6. The highest BCUT2D eigenvalue weighted by Crippen LogP contribution is 2.51. The lowest BCUT2D eigenvalue weighted by atomic mass is 9.81. The minimum absolute atomic E-state index is 0.0617. The van der Waals surface area contributed by atoms with Crippen LogP contribution in [0.1, 0.15) is 122 Å². The van der Waals surface area contributed by atoms with Crippen LogP contribution in [-0.2, 0) is 14.9 Å². The maximum Gasteiger partial charge on any atom is 0.411 e. The van der Waals surface area contributed by atoms with Gasteiger partial charge in [0.15, 0.2) is 0 Å². The van der Waals surface area contributed by atoms with E-state index in [4.69, 9.17) is 9.72 Å². The van der Waals surface area contributed by atoms with E-state index in [9.17, 15) is 9.59 Å². The average molecular weight is 700 g/mol. The van der Waals surface area contributed by atoms with E-state index < -0.39 is 11.6 Å². The number of nitrogens with zero attached hydrogens (tertiary/aromatic N) is 2. The molecule has 4 fully saturated rings. The number of amides is 2. The van der Waals surface area contributed by atoms with Crippen LogP contribution in [0, 0.1) is 11.8 Å². The number of hydrogen-bond donors (Lipinski definition) is 3. The van der Waals surface area contributed by atoms with Crippen molar-refractivity contribution in [3.63, 3.8) is 0 Å². The summed E-state index contributed by atoms with van der Waals surface area (Å²) in [4.78, 5) is 37.9. The van der Waals surface area contributed by atoms with E-state index in [-0.39, 0.29) is 23.5 Å². The molecule has 8 heteroatoms. The molecule has 3 aromatic carbocycles. The molecule has 4 aromatic rings. The van der Waals surface area contributed by atoms with E-state index in [1.165, 1.54) is 65.5 Å². The maximum absolute atomic E-state index is 14.0. The number of H-pyrrole nitrogens is 1. The van der Waals surface area contributed by atoms with Crippen LogP contribution in [0.2, 0.25) is 0 Å². The molecule has 0 radical (unpaired) electrons. The fourth-order valence-electron chi connectivity index (χ4n) is 10.4. The molecule has 3 heterocycles. The van der Waals surface area contributed by atoms with Gasteiger partial charge < -0.3 is 20.4 Å². The molecule has 3 aliphatic carbocycles. The van der Waals surface area contributed by atoms with Gasteiger partial charge in [0.05, 0.1) is 17.1 Å². The van der Waals surface area contributed by atoms with Gasteiger partial charge in [0.1, 0.15) is 17.5 Å². The first kappa shape index (κ1) is 33.7. The molecule has 0 spiro atoms. The number of imidazole rings is 1. The summed E-state index contributed by atoms with van der Waals surface area (Å²) in [5.41, 5.74) is 9.24. The molecule has 6 atom stereocenters. The number of likely N-dealkylation sites (tertiary alicyclic amines) is 1. The van der Waals surface area contributed by atoms with Crippen molar-refractivity contribution in [3.05, 3.63) is 71.5 Å². The highest BCUT2D eigenvalue weighted by atomic mass is 16.6. The molecular weight excluding hydrogens is 647 g/mol. The quantitative estimate of drug-likeness (QED) is 0.197. The zero-order valence-electron chi connectivity index (χ0n) is 31.4. The number of aromatic amines is 1. The molecule has 0 bridgehead atoms. The van der Waals surface area contributed by atoms with Gasteiger partial charge in [0.2, 0.25) is 5.91 Å². The number of ether oxygens (including phenoxy) is 1. The summed E-state index contributed by atoms with van der Waals surface area (Å²) < 4.78 is 5.83. The fourth-order valence-corrected chi connectivity index (χ4v) is 10.4. The topological polar surface area (TPSA) is 99.3 Å². The third kappa shape index (κ3) is 5.82. The summed E-state index contributed by atoms with van der Waals surface area (Å²) in [7, 11) is 0. The first-order valence-electron chi connectivity index (χ1n) is 19.8. The monoisotopic (exact) mass is 699 g/mol. The predicted octanol–water partition coefficient (Wildman–Crippen LogP) is 9.64. The van der Waals surface area contributed by atoms with Crippen LogP contribution in [0.3, 0.4) is 0 Å². The summed E-state index contributed by atoms with van der Waals surface area (Å²) in [5, 5.41) is 7.10. The second-order valence-electron chi connectivity index (χ2n) is 17.8. The first-order valence-corrected chi connectivity index (χ1v) is 19.8. The SMILES string of the molecule is CC(C)(C)OC(=O)N1[C@H](C(=O)Nc2ccc3c(c2)C(C)(C)c2cc(-c4ccc5nc([C@@H]6CC7CCCCC7N6)[nH]c5c4)ccc2-3)C[C@@H]2CCCC[C@@H]21. The summed E-state index contributed by atoms with van der Waals surface area (Å²) in [6.07, 6.45) is 11.0. The molecule has 5 aliphatic rings. The molecule has 2 unspecified atom stereocenters. The van der Waals surface area contributed by atoms with E-state index in [1.807, 2.05) is 26.8 Å². The lowest BCUT2D eigenvalue weighted by molar-refractivity contribution is -0.120. The van der Waals surface area contributed by atoms with Crippen LogP contribution < -0.4 is 10.6 Å². The summed E-state index contributed by atoms with van der Waals surface area (Å²) in [5.74, 6) is 2.05. The van der Waals surface area contributed by atoms with Crippen molar-refractivity contribution in [1.29, 1.82) is 0 Å². The Hall–Kier alpha value is -4.17. The molecule has 1 aromatic heterocycles. The normalized spacial score (nSPS) is 27.5. The Morgan fingerprint density at radius 2 is 1.54 bits per heavy atom. The van der Waals surface area contributed by atoms with Gasteiger partial charge in [-0.1, -0.05) is 63.8 Å². The summed E-state index contributed by atoms with van der Waals surface area (Å²) in [6.45, 7) is 10.2. The minimum atomic E-state index is -0.619. The average Bonchev–Trinajstić information content (AvgIpc) is 3.88. The Labute approximate surface area is 307 Å². The van der Waals surface area contributed by atoms with E-state index >= 15 is 0 Å². The van der Waals surface area contributed by atoms with Crippen LogP contribution in [-0.4, -0.2) is 50.6 Å². The molecule has 272 valence electrons. The van der Waals surface area contributed by atoms with Crippen molar-refractivity contribution in [2.75, 3.05) is 5.32 Å². The lowest BCUT2D eigenvalue weighted by Gasteiger charge is -2.34. The minimum Gasteiger partial charge on any atom is -0.444 e. The van der Waals surface area contributed by atoms with Crippen molar-refractivity contribution in [1.82, 2.24) is 20.2 Å². The molecule has 2 aliphatic heterocycles. The van der Waals surface area contributed by atoms with Gasteiger partial charge in [-0.3, -0.25) is 9.69 Å². The van der Waals surface area contributed by atoms with Crippen molar-refractivity contribution in [3.8, 4) is 22.3 Å². The maximum atomic E-state index is 14.0. The molecule has 3 N–H and O–H groups in total. The smallest absolute Gasteiger partial charge is 0.411 e. The second-order valence-corrected chi connectivity index (χ2v) is 17.8. The van der Waals surface area contributed by atoms with Gasteiger partial charge in [-0.25, -0.2) is 9.78 Å². The van der Waals surface area contributed by atoms with Gasteiger partial charge >= 0.3 is 6.09 Å². The highest BCUT2D eigenvalue weighted by Gasteiger charge is 2.49. The van der Waals surface area contributed by atoms with E-state index in [0.29, 0.717) is 24.4 Å². The van der Waals surface area contributed by atoms with Crippen LogP contribution >= 0.6 is 0 Å². The van der Waals surface area contributed by atoms with Crippen LogP contribution in [0.25, 0.3) is 33.3 Å². The molecular formula is C44H53N5O3. The predicted molar refractivity (Wildman–Crippen MR) is 206 cm³/mol. The van der Waals surface area contributed by atoms with Crippen LogP contribution in [0.4, 0.5) is 10.5 Å². The van der Waals surface area contributed by atoms with Crippen LogP contribution in [0.5, 0.6) is 0 Å². The molecule has 2 saturated heterocycles. The summed E-state index contributed by atoms with van der Waals surface area (Å²) in [6, 6.07) is 20.2. The zero-order valence-corrected chi connectivity index (χ0v) is 31.4. The van der Waals surface area contributed by atoms with Crippen molar-refractivity contribution in [2.45, 2.75) is 134 Å². The molecule has 9 rings (SSSR count). The Bertz CT molecular complexity index is 2040. The van der Waals surface area contributed by atoms with Crippen molar-refractivity contribution >= 4 is 28.7 Å². The van der Waals surface area contributed by atoms with E-state index in [2.05, 4.69) is 78.0 Å². The number of nitrogens with one attached hydrogen (secondary N) is 3. The van der Waals surface area contributed by atoms with Gasteiger partial charge in [0, 0.05) is 23.2 Å². The van der Waals surface area contributed by atoms with Gasteiger partial charge in [-0.2, -0.15) is 0 Å². The number of carbonyl (C=O) groups excluding carboxylic acids is 2. The van der Waals surface area contributed by atoms with Crippen molar-refractivity contribution < 1.29 is 14.3 Å². The fraction of sp³-hybridized carbons (Fsp3) is 0.523. The Balaban J connectivity index is 0.947. The standard InChI is InChI=1S/C44H53N5O3/c1-43(2,3)52-42(51)49-38-13-9-7-11-28(38)23-39(49)41(50)45-29-16-18-31-30-17-14-25(20-32(30)44(4,5)33(31)24-29)26-15-19-35-36(21-26)48-40(47-35)37-22-27-10-6-8-12-34(27)46-37/h14-21,24,27-28,34,37-39,46H,6-13,22-23H2,1-5H3,(H,45,50)(H,47,48)/t27?,28-,34?,37-,38-,39-/m0/s1. The number of aromatic nitrogens is 2. The lowest BCUT2D eigenvalue weighted by Crippen LogP contribution is -2.49. The molecule has 2 amide bonds. The third-order valence-electron chi connectivity index (χ3n) is 13.0. The van der Waals surface area contributed by atoms with E-state index in [1.54, 1.807) is 4.90 Å². The number of hydrogen-bond acceptors (Lipinski definition) is 5. The van der Waals surface area contributed by atoms with Crippen LogP contribution in [0.15, 0.2) is 54.6 Å². The molecule has 2 saturated carbocycles. The molecule has 52 heavy (non-hydrogen) atoms. The number of carbonyl (C=O) groups is 2. The van der Waals surface area contributed by atoms with Gasteiger partial charge in [0.25, 0.3) is 0 Å². The number of rotatable bonds is 4. The Morgan fingerprint density at radius 1 is 0.846 bits per heavy atom. The number of benzene rings is 3. The Kier molecular flexibility index (Phi) is 8.07. The largest absolute Gasteiger partial charge is 0.444 e. The van der Waals surface area contributed by atoms with Gasteiger partial charge in [-0.15, -0.1) is 0 Å². The summed E-state index contributed by atoms with van der Waals surface area (Å²) >= 11 is 0. The van der Waals surface area contributed by atoms with E-state index in [0.717, 1.165) is 54.1 Å². The van der Waals surface area contributed by atoms with Crippen molar-refractivity contribution in [2.24, 2.45) is 11.8 Å². The van der Waals surface area contributed by atoms with Gasteiger partial charge in [-0.05, 0) is 135 Å². The first-order chi connectivity index (χ1) is 24.9. The molecule has 8 nitrogen and oxygen atoms in total. The second kappa shape index (κ2) is 12.5. The number of anilines is 1. The Morgan fingerprint density at radius 3 is 2.33 bits per heavy atom. The highest BCUT2D eigenvalue weighted by molar-refractivity contribution is 5.98.